The quantitative estimate of drug-likeness (QED) is 0.540. The number of hydrogen-bond donors (Lipinski definition) is 2. The summed E-state index contributed by atoms with van der Waals surface area (Å²) in [4.78, 5) is 7.12. The molecule has 0 aliphatic carbocycles. The maximum absolute atomic E-state index is 4.62. The molecule has 1 saturated heterocycles. The van der Waals surface area contributed by atoms with Crippen molar-refractivity contribution in [1.29, 1.82) is 0 Å². The van der Waals surface area contributed by atoms with Gasteiger partial charge in [0.2, 0.25) is 0 Å². The smallest absolute Gasteiger partial charge is 0.191 e. The maximum Gasteiger partial charge on any atom is 0.191 e. The third kappa shape index (κ3) is 4.39. The van der Waals surface area contributed by atoms with Gasteiger partial charge in [-0.25, -0.2) is 0 Å². The first-order chi connectivity index (χ1) is 7.80. The highest BCUT2D eigenvalue weighted by Crippen LogP contribution is 2.15. The zero-order valence-corrected chi connectivity index (χ0v) is 10.9. The molecule has 0 spiro atoms. The molecule has 1 rings (SSSR count). The zero-order chi connectivity index (χ0) is 11.8. The van der Waals surface area contributed by atoms with E-state index in [1.807, 2.05) is 0 Å². The van der Waals surface area contributed by atoms with Crippen molar-refractivity contribution >= 4 is 5.96 Å². The van der Waals surface area contributed by atoms with E-state index in [0.717, 1.165) is 31.5 Å². The molecule has 94 valence electrons. The van der Waals surface area contributed by atoms with Crippen LogP contribution >= 0.6 is 0 Å². The van der Waals surface area contributed by atoms with Gasteiger partial charge < -0.3 is 15.5 Å². The molecule has 2 N–H and O–H groups in total. The molecule has 0 aromatic rings. The molecule has 4 heteroatoms. The van der Waals surface area contributed by atoms with E-state index in [2.05, 4.69) is 41.3 Å². The Balaban J connectivity index is 2.32. The van der Waals surface area contributed by atoms with Gasteiger partial charge in [0.15, 0.2) is 5.96 Å². The van der Waals surface area contributed by atoms with Crippen molar-refractivity contribution in [2.75, 3.05) is 39.3 Å². The topological polar surface area (TPSA) is 39.7 Å². The van der Waals surface area contributed by atoms with E-state index in [4.69, 9.17) is 0 Å². The Morgan fingerprint density at radius 1 is 1.25 bits per heavy atom. The summed E-state index contributed by atoms with van der Waals surface area (Å²) in [6.45, 7) is 12.9. The van der Waals surface area contributed by atoms with Crippen LogP contribution in [0, 0.1) is 5.92 Å². The van der Waals surface area contributed by atoms with Crippen molar-refractivity contribution in [2.24, 2.45) is 10.9 Å². The van der Waals surface area contributed by atoms with Crippen molar-refractivity contribution in [3.8, 4) is 0 Å². The summed E-state index contributed by atoms with van der Waals surface area (Å²) in [7, 11) is 0. The van der Waals surface area contributed by atoms with E-state index in [1.54, 1.807) is 0 Å². The van der Waals surface area contributed by atoms with E-state index >= 15 is 0 Å². The summed E-state index contributed by atoms with van der Waals surface area (Å²) >= 11 is 0. The third-order valence-corrected chi connectivity index (χ3v) is 3.01. The van der Waals surface area contributed by atoms with Gasteiger partial charge in [-0.15, -0.1) is 0 Å². The van der Waals surface area contributed by atoms with Crippen LogP contribution in [0.1, 0.15) is 27.2 Å². The van der Waals surface area contributed by atoms with Gasteiger partial charge in [-0.1, -0.05) is 6.92 Å². The predicted molar refractivity (Wildman–Crippen MR) is 69.9 cm³/mol. The van der Waals surface area contributed by atoms with Crippen LogP contribution in [0.5, 0.6) is 0 Å². The lowest BCUT2D eigenvalue weighted by Crippen LogP contribution is -2.37. The molecule has 1 aliphatic rings. The second kappa shape index (κ2) is 7.49. The van der Waals surface area contributed by atoms with Crippen molar-refractivity contribution < 1.29 is 0 Å². The summed E-state index contributed by atoms with van der Waals surface area (Å²) in [6.07, 6.45) is 1.29. The highest BCUT2D eigenvalue weighted by Gasteiger charge is 2.20. The minimum absolute atomic E-state index is 0.743. The largest absolute Gasteiger partial charge is 0.357 e. The van der Waals surface area contributed by atoms with Crippen molar-refractivity contribution in [3.63, 3.8) is 0 Å². The molecule has 1 atom stereocenters. The maximum atomic E-state index is 4.62. The molecule has 1 fully saturated rings. The fourth-order valence-corrected chi connectivity index (χ4v) is 2.08. The Morgan fingerprint density at radius 3 is 2.44 bits per heavy atom. The molecule has 0 saturated carbocycles. The summed E-state index contributed by atoms with van der Waals surface area (Å²) in [5.74, 6) is 1.70. The van der Waals surface area contributed by atoms with Crippen LogP contribution < -0.4 is 10.6 Å². The van der Waals surface area contributed by atoms with Gasteiger partial charge in [-0.2, -0.15) is 0 Å². The summed E-state index contributed by atoms with van der Waals surface area (Å²) < 4.78 is 0. The van der Waals surface area contributed by atoms with Gasteiger partial charge in [0.1, 0.15) is 0 Å². The second-order valence-electron chi connectivity index (χ2n) is 4.30. The van der Waals surface area contributed by atoms with Gasteiger partial charge in [-0.3, -0.25) is 4.99 Å². The average molecular weight is 226 g/mol. The van der Waals surface area contributed by atoms with E-state index in [1.165, 1.54) is 26.1 Å². The summed E-state index contributed by atoms with van der Waals surface area (Å²) in [5.41, 5.74) is 0. The molecule has 0 bridgehead atoms. The summed E-state index contributed by atoms with van der Waals surface area (Å²) in [6, 6.07) is 0. The van der Waals surface area contributed by atoms with Crippen molar-refractivity contribution in [2.45, 2.75) is 27.2 Å². The SMILES string of the molecule is CCNC(=NCC1CCN(CC)C1)NCC. The van der Waals surface area contributed by atoms with Crippen LogP contribution in [0.15, 0.2) is 4.99 Å². The molecule has 0 aromatic heterocycles. The molecule has 16 heavy (non-hydrogen) atoms. The first-order valence-corrected chi connectivity index (χ1v) is 6.54. The van der Waals surface area contributed by atoms with Crippen molar-refractivity contribution in [3.05, 3.63) is 0 Å². The number of guanidine groups is 1. The minimum atomic E-state index is 0.743. The second-order valence-corrected chi connectivity index (χ2v) is 4.30. The van der Waals surface area contributed by atoms with Crippen LogP contribution in [-0.2, 0) is 0 Å². The molecule has 0 aromatic carbocycles. The summed E-state index contributed by atoms with van der Waals surface area (Å²) in [5, 5.41) is 6.52. The fraction of sp³-hybridized carbons (Fsp3) is 0.917. The Bertz CT molecular complexity index is 207. The van der Waals surface area contributed by atoms with Crippen LogP contribution in [0.3, 0.4) is 0 Å². The lowest BCUT2D eigenvalue weighted by atomic mass is 10.1. The van der Waals surface area contributed by atoms with E-state index in [0.29, 0.717) is 0 Å². The van der Waals surface area contributed by atoms with Gasteiger partial charge in [-0.05, 0) is 39.3 Å². The van der Waals surface area contributed by atoms with Crippen LogP contribution in [0.25, 0.3) is 0 Å². The average Bonchev–Trinajstić information content (AvgIpc) is 2.74. The Labute approximate surface area is 99.5 Å². The number of hydrogen-bond acceptors (Lipinski definition) is 2. The molecule has 0 amide bonds. The Kier molecular flexibility index (Phi) is 6.23. The normalized spacial score (nSPS) is 20.8. The Hall–Kier alpha value is -0.770. The molecule has 1 heterocycles. The predicted octanol–water partition coefficient (Wildman–Crippen LogP) is 0.903. The number of nitrogens with one attached hydrogen (secondary N) is 2. The first-order valence-electron chi connectivity index (χ1n) is 6.54. The number of rotatable bonds is 5. The molecule has 1 unspecified atom stereocenters. The highest BCUT2D eigenvalue weighted by molar-refractivity contribution is 5.79. The van der Waals surface area contributed by atoms with Gasteiger partial charge in [0, 0.05) is 26.2 Å². The molecule has 0 radical (unpaired) electrons. The number of aliphatic imine (C=N–C) groups is 1. The van der Waals surface area contributed by atoms with Gasteiger partial charge in [0.25, 0.3) is 0 Å². The van der Waals surface area contributed by atoms with Crippen LogP contribution in [0.2, 0.25) is 0 Å². The number of nitrogens with zero attached hydrogens (tertiary/aromatic N) is 2. The molecular weight excluding hydrogens is 200 g/mol. The monoisotopic (exact) mass is 226 g/mol. The van der Waals surface area contributed by atoms with E-state index < -0.39 is 0 Å². The zero-order valence-electron chi connectivity index (χ0n) is 10.9. The lowest BCUT2D eigenvalue weighted by Gasteiger charge is -2.13. The van der Waals surface area contributed by atoms with E-state index in [9.17, 15) is 0 Å². The molecule has 4 nitrogen and oxygen atoms in total. The number of likely N-dealkylation sites (tertiary alicyclic amines) is 1. The lowest BCUT2D eigenvalue weighted by molar-refractivity contribution is 0.343. The van der Waals surface area contributed by atoms with Gasteiger partial charge in [0.05, 0.1) is 0 Å². The first kappa shape index (κ1) is 13.3. The van der Waals surface area contributed by atoms with Crippen molar-refractivity contribution in [1.82, 2.24) is 15.5 Å². The molecule has 1 aliphatic heterocycles. The standard InChI is InChI=1S/C12H26N4/c1-4-13-12(14-5-2)15-9-11-7-8-16(6-3)10-11/h11H,4-10H2,1-3H3,(H2,13,14,15). The van der Waals surface area contributed by atoms with E-state index in [-0.39, 0.29) is 0 Å². The van der Waals surface area contributed by atoms with Gasteiger partial charge >= 0.3 is 0 Å². The molecular formula is C12H26N4. The Morgan fingerprint density at radius 2 is 1.94 bits per heavy atom. The third-order valence-electron chi connectivity index (χ3n) is 3.01. The van der Waals surface area contributed by atoms with Crippen LogP contribution in [-0.4, -0.2) is 50.1 Å². The highest BCUT2D eigenvalue weighted by atomic mass is 15.2. The minimum Gasteiger partial charge on any atom is -0.357 e. The fourth-order valence-electron chi connectivity index (χ4n) is 2.08. The van der Waals surface area contributed by atoms with Crippen LogP contribution in [0.4, 0.5) is 0 Å².